The lowest BCUT2D eigenvalue weighted by molar-refractivity contribution is -0.136. The van der Waals surface area contributed by atoms with Gasteiger partial charge in [-0.2, -0.15) is 0 Å². The quantitative estimate of drug-likeness (QED) is 0.900. The van der Waals surface area contributed by atoms with Gasteiger partial charge in [0.1, 0.15) is 0 Å². The predicted molar refractivity (Wildman–Crippen MR) is 81.4 cm³/mol. The molecule has 0 aliphatic carbocycles. The van der Waals surface area contributed by atoms with E-state index in [2.05, 4.69) is 0 Å². The maximum Gasteiger partial charge on any atom is 0.307 e. The Bertz CT molecular complexity index is 555. The summed E-state index contributed by atoms with van der Waals surface area (Å²) >= 11 is 1.25. The highest BCUT2D eigenvalue weighted by Crippen LogP contribution is 2.27. The van der Waals surface area contributed by atoms with Crippen LogP contribution in [0.1, 0.15) is 18.9 Å². The number of benzene rings is 1. The third-order valence-corrected chi connectivity index (χ3v) is 4.38. The number of anilines is 1. The largest absolute Gasteiger partial charge is 0.481 e. The molecule has 1 saturated heterocycles. The average Bonchev–Trinajstić information content (AvgIpc) is 2.78. The summed E-state index contributed by atoms with van der Waals surface area (Å²) in [6, 6.07) is 7.01. The molecule has 0 radical (unpaired) electrons. The van der Waals surface area contributed by atoms with Crippen LogP contribution in [0.4, 0.5) is 5.69 Å². The van der Waals surface area contributed by atoms with Gasteiger partial charge in [0.05, 0.1) is 6.42 Å². The van der Waals surface area contributed by atoms with Gasteiger partial charge in [0, 0.05) is 31.3 Å². The zero-order valence-electron chi connectivity index (χ0n) is 11.7. The SMILES string of the molecule is CC(=O)SCC1CC(=O)N(c2ccc(CC(=O)O)cc2)C1. The van der Waals surface area contributed by atoms with E-state index in [9.17, 15) is 14.4 Å². The minimum Gasteiger partial charge on any atom is -0.481 e. The number of thioether (sulfide) groups is 1. The van der Waals surface area contributed by atoms with E-state index in [0.29, 0.717) is 24.3 Å². The number of nitrogens with zero attached hydrogens (tertiary/aromatic N) is 1. The van der Waals surface area contributed by atoms with Gasteiger partial charge in [-0.05, 0) is 23.6 Å². The average molecular weight is 307 g/mol. The smallest absolute Gasteiger partial charge is 0.307 e. The van der Waals surface area contributed by atoms with Gasteiger partial charge in [-0.1, -0.05) is 23.9 Å². The van der Waals surface area contributed by atoms with Crippen LogP contribution in [0.2, 0.25) is 0 Å². The molecule has 1 aromatic rings. The monoisotopic (exact) mass is 307 g/mol. The highest BCUT2D eigenvalue weighted by molar-refractivity contribution is 8.13. The van der Waals surface area contributed by atoms with Crippen molar-refractivity contribution in [3.8, 4) is 0 Å². The molecule has 1 heterocycles. The first-order valence-electron chi connectivity index (χ1n) is 6.70. The van der Waals surface area contributed by atoms with E-state index in [-0.39, 0.29) is 23.4 Å². The summed E-state index contributed by atoms with van der Waals surface area (Å²) in [4.78, 5) is 35.3. The van der Waals surface area contributed by atoms with E-state index in [1.807, 2.05) is 0 Å². The lowest BCUT2D eigenvalue weighted by Crippen LogP contribution is -2.24. The number of rotatable bonds is 5. The second kappa shape index (κ2) is 6.76. The number of hydrogen-bond donors (Lipinski definition) is 1. The van der Waals surface area contributed by atoms with Gasteiger partial charge in [-0.25, -0.2) is 0 Å². The molecule has 1 atom stereocenters. The summed E-state index contributed by atoms with van der Waals surface area (Å²) in [5.41, 5.74) is 1.49. The highest BCUT2D eigenvalue weighted by atomic mass is 32.2. The number of carbonyl (C=O) groups is 3. The summed E-state index contributed by atoms with van der Waals surface area (Å²) in [7, 11) is 0. The first-order valence-corrected chi connectivity index (χ1v) is 7.68. The minimum atomic E-state index is -0.874. The van der Waals surface area contributed by atoms with Crippen LogP contribution in [0, 0.1) is 5.92 Å². The second-order valence-corrected chi connectivity index (χ2v) is 6.31. The van der Waals surface area contributed by atoms with E-state index >= 15 is 0 Å². The molecule has 0 aromatic heterocycles. The normalized spacial score (nSPS) is 18.0. The maximum absolute atomic E-state index is 12.0. The van der Waals surface area contributed by atoms with Crippen LogP contribution >= 0.6 is 11.8 Å². The van der Waals surface area contributed by atoms with Crippen molar-refractivity contribution in [3.63, 3.8) is 0 Å². The van der Waals surface area contributed by atoms with Crippen LogP contribution < -0.4 is 4.90 Å². The van der Waals surface area contributed by atoms with Crippen LogP contribution in [-0.4, -0.2) is 34.4 Å². The number of carbonyl (C=O) groups excluding carboxylic acids is 2. The van der Waals surface area contributed by atoms with E-state index in [4.69, 9.17) is 5.11 Å². The molecule has 21 heavy (non-hydrogen) atoms. The first kappa shape index (κ1) is 15.6. The number of carboxylic acids is 1. The van der Waals surface area contributed by atoms with Crippen LogP contribution in [0.5, 0.6) is 0 Å². The fraction of sp³-hybridized carbons (Fsp3) is 0.400. The van der Waals surface area contributed by atoms with Crippen LogP contribution in [0.25, 0.3) is 0 Å². The standard InChI is InChI=1S/C15H17NO4S/c1-10(17)21-9-12-6-14(18)16(8-12)13-4-2-11(3-5-13)7-15(19)20/h2-5,12H,6-9H2,1H3,(H,19,20). The number of amides is 1. The molecule has 1 aromatic carbocycles. The van der Waals surface area contributed by atoms with E-state index in [1.54, 1.807) is 29.2 Å². The fourth-order valence-electron chi connectivity index (χ4n) is 2.35. The number of aliphatic carboxylic acids is 1. The van der Waals surface area contributed by atoms with E-state index in [1.165, 1.54) is 18.7 Å². The Kier molecular flexibility index (Phi) is 5.01. The Morgan fingerprint density at radius 2 is 2.00 bits per heavy atom. The van der Waals surface area contributed by atoms with Crippen molar-refractivity contribution >= 4 is 34.4 Å². The molecule has 6 heteroatoms. The number of carboxylic acid groups (broad SMARTS) is 1. The molecule has 112 valence electrons. The van der Waals surface area contributed by atoms with Crippen molar-refractivity contribution in [2.75, 3.05) is 17.2 Å². The summed E-state index contributed by atoms with van der Waals surface area (Å²) < 4.78 is 0. The molecule has 0 bridgehead atoms. The zero-order chi connectivity index (χ0) is 15.4. The van der Waals surface area contributed by atoms with Gasteiger partial charge < -0.3 is 10.0 Å². The highest BCUT2D eigenvalue weighted by Gasteiger charge is 2.30. The Morgan fingerprint density at radius 1 is 1.33 bits per heavy atom. The molecule has 0 spiro atoms. The Balaban J connectivity index is 1.99. The molecule has 1 N–H and O–H groups in total. The minimum absolute atomic E-state index is 0.0217. The maximum atomic E-state index is 12.0. The van der Waals surface area contributed by atoms with Crippen molar-refractivity contribution in [1.82, 2.24) is 0 Å². The summed E-state index contributed by atoms with van der Waals surface area (Å²) in [5, 5.41) is 8.80. The van der Waals surface area contributed by atoms with Gasteiger partial charge in [0.2, 0.25) is 5.91 Å². The molecule has 2 rings (SSSR count). The van der Waals surface area contributed by atoms with Gasteiger partial charge >= 0.3 is 5.97 Å². The molecule has 1 amide bonds. The van der Waals surface area contributed by atoms with Gasteiger partial charge in [0.25, 0.3) is 0 Å². The van der Waals surface area contributed by atoms with Crippen LogP contribution in [0.15, 0.2) is 24.3 Å². The molecule has 1 fully saturated rings. The van der Waals surface area contributed by atoms with Crippen molar-refractivity contribution in [2.24, 2.45) is 5.92 Å². The third-order valence-electron chi connectivity index (χ3n) is 3.33. The van der Waals surface area contributed by atoms with E-state index in [0.717, 1.165) is 5.69 Å². The molecular weight excluding hydrogens is 290 g/mol. The second-order valence-electron chi connectivity index (χ2n) is 5.11. The molecule has 1 unspecified atom stereocenters. The van der Waals surface area contributed by atoms with Crippen LogP contribution in [-0.2, 0) is 20.8 Å². The lowest BCUT2D eigenvalue weighted by Gasteiger charge is -2.17. The summed E-state index contributed by atoms with van der Waals surface area (Å²) in [6.07, 6.45) is 0.434. The Morgan fingerprint density at radius 3 is 2.57 bits per heavy atom. The molecular formula is C15H17NO4S. The molecule has 5 nitrogen and oxygen atoms in total. The number of hydrogen-bond acceptors (Lipinski definition) is 4. The fourth-order valence-corrected chi connectivity index (χ4v) is 3.04. The topological polar surface area (TPSA) is 74.7 Å². The summed E-state index contributed by atoms with van der Waals surface area (Å²) in [5.74, 6) is 0.0239. The van der Waals surface area contributed by atoms with Crippen molar-refractivity contribution < 1.29 is 19.5 Å². The van der Waals surface area contributed by atoms with E-state index < -0.39 is 5.97 Å². The zero-order valence-corrected chi connectivity index (χ0v) is 12.6. The van der Waals surface area contributed by atoms with Gasteiger partial charge in [-0.15, -0.1) is 0 Å². The van der Waals surface area contributed by atoms with Gasteiger partial charge in [0.15, 0.2) is 5.12 Å². The predicted octanol–water partition coefficient (Wildman–Crippen LogP) is 1.95. The Labute approximate surface area is 127 Å². The van der Waals surface area contributed by atoms with Crippen molar-refractivity contribution in [2.45, 2.75) is 19.8 Å². The van der Waals surface area contributed by atoms with Crippen LogP contribution in [0.3, 0.4) is 0 Å². The summed E-state index contributed by atoms with van der Waals surface area (Å²) in [6.45, 7) is 2.14. The molecule has 1 aliphatic rings. The van der Waals surface area contributed by atoms with Crippen molar-refractivity contribution in [1.29, 1.82) is 0 Å². The van der Waals surface area contributed by atoms with Crippen molar-refractivity contribution in [3.05, 3.63) is 29.8 Å². The Hall–Kier alpha value is -1.82. The molecule has 0 saturated carbocycles. The van der Waals surface area contributed by atoms with Gasteiger partial charge in [-0.3, -0.25) is 14.4 Å². The third kappa shape index (κ3) is 4.32. The molecule has 1 aliphatic heterocycles. The first-order chi connectivity index (χ1) is 9.95. The lowest BCUT2D eigenvalue weighted by atomic mass is 10.1.